The molecule has 144 valence electrons. The Morgan fingerprint density at radius 3 is 2.08 bits per heavy atom. The van der Waals surface area contributed by atoms with Crippen molar-refractivity contribution in [2.24, 2.45) is 4.99 Å². The lowest BCUT2D eigenvalue weighted by Gasteiger charge is -2.24. The fraction of sp³-hybridized carbons (Fsp3) is 0.588. The molecular formula is C17H28F3IN4. The Labute approximate surface area is 165 Å². The lowest BCUT2D eigenvalue weighted by molar-refractivity contribution is -0.137. The molecule has 0 bridgehead atoms. The summed E-state index contributed by atoms with van der Waals surface area (Å²) in [6.45, 7) is 8.26. The Morgan fingerprint density at radius 2 is 1.64 bits per heavy atom. The van der Waals surface area contributed by atoms with E-state index in [1.165, 1.54) is 12.1 Å². The van der Waals surface area contributed by atoms with Crippen molar-refractivity contribution in [3.05, 3.63) is 35.4 Å². The number of aliphatic imine (C=N–C) groups is 1. The molecule has 2 N–H and O–H groups in total. The van der Waals surface area contributed by atoms with Gasteiger partial charge in [0.15, 0.2) is 5.96 Å². The fourth-order valence-corrected chi connectivity index (χ4v) is 2.14. The van der Waals surface area contributed by atoms with Gasteiger partial charge in [0.25, 0.3) is 0 Å². The number of hydrogen-bond acceptors (Lipinski definition) is 2. The lowest BCUT2D eigenvalue weighted by Crippen LogP contribution is -2.44. The number of hydrogen-bond donors (Lipinski definition) is 2. The van der Waals surface area contributed by atoms with Crippen LogP contribution >= 0.6 is 24.0 Å². The predicted molar refractivity (Wildman–Crippen MR) is 107 cm³/mol. The summed E-state index contributed by atoms with van der Waals surface area (Å²) in [4.78, 5) is 6.07. The van der Waals surface area contributed by atoms with E-state index in [-0.39, 0.29) is 29.5 Å². The molecule has 1 aromatic rings. The van der Waals surface area contributed by atoms with Crippen LogP contribution in [0.25, 0.3) is 0 Å². The molecule has 0 radical (unpaired) electrons. The highest BCUT2D eigenvalue weighted by molar-refractivity contribution is 14.0. The van der Waals surface area contributed by atoms with Crippen LogP contribution in [-0.2, 0) is 12.7 Å². The first kappa shape index (κ1) is 24.0. The second-order valence-corrected chi connectivity index (χ2v) is 6.70. The number of guanidine groups is 1. The molecule has 0 unspecified atom stereocenters. The molecule has 0 saturated heterocycles. The van der Waals surface area contributed by atoms with Gasteiger partial charge < -0.3 is 15.5 Å². The minimum Gasteiger partial charge on any atom is -0.355 e. The number of benzene rings is 1. The van der Waals surface area contributed by atoms with Crippen LogP contribution in [0.15, 0.2) is 29.3 Å². The van der Waals surface area contributed by atoms with Crippen LogP contribution in [0.3, 0.4) is 0 Å². The van der Waals surface area contributed by atoms with E-state index in [4.69, 9.17) is 0 Å². The highest BCUT2D eigenvalue weighted by atomic mass is 127. The van der Waals surface area contributed by atoms with Crippen LogP contribution in [0.5, 0.6) is 0 Å². The summed E-state index contributed by atoms with van der Waals surface area (Å²) in [5, 5.41) is 6.60. The fourth-order valence-electron chi connectivity index (χ4n) is 2.14. The van der Waals surface area contributed by atoms with Crippen LogP contribution in [0.4, 0.5) is 13.2 Å². The van der Waals surface area contributed by atoms with Gasteiger partial charge in [0.1, 0.15) is 0 Å². The Kier molecular flexibility index (Phi) is 9.78. The smallest absolute Gasteiger partial charge is 0.355 e. The molecule has 0 fully saturated rings. The van der Waals surface area contributed by atoms with Crippen LogP contribution in [0, 0.1) is 0 Å². The molecule has 4 nitrogen and oxygen atoms in total. The number of alkyl halides is 3. The molecule has 0 aromatic heterocycles. The molecule has 0 aliphatic rings. The van der Waals surface area contributed by atoms with Gasteiger partial charge in [-0.05, 0) is 38.5 Å². The van der Waals surface area contributed by atoms with Gasteiger partial charge in [-0.3, -0.25) is 4.99 Å². The minimum atomic E-state index is -4.30. The molecular weight excluding hydrogens is 444 g/mol. The van der Waals surface area contributed by atoms with Gasteiger partial charge in [-0.1, -0.05) is 12.1 Å². The normalized spacial score (nSPS) is 12.6. The summed E-state index contributed by atoms with van der Waals surface area (Å²) in [6, 6.07) is 5.20. The van der Waals surface area contributed by atoms with E-state index >= 15 is 0 Å². The zero-order valence-electron chi connectivity index (χ0n) is 15.4. The number of halogens is 4. The van der Waals surface area contributed by atoms with E-state index in [0.29, 0.717) is 19.0 Å². The second kappa shape index (κ2) is 10.2. The number of nitrogens with zero attached hydrogens (tertiary/aromatic N) is 2. The van der Waals surface area contributed by atoms with Crippen molar-refractivity contribution in [2.45, 2.75) is 39.0 Å². The van der Waals surface area contributed by atoms with Gasteiger partial charge in [-0.15, -0.1) is 24.0 Å². The van der Waals surface area contributed by atoms with Crippen molar-refractivity contribution in [1.29, 1.82) is 0 Å². The Bertz CT molecular complexity index is 536. The van der Waals surface area contributed by atoms with Crippen molar-refractivity contribution in [1.82, 2.24) is 15.5 Å². The van der Waals surface area contributed by atoms with Gasteiger partial charge in [0, 0.05) is 39.3 Å². The molecule has 1 rings (SSSR count). The molecule has 0 spiro atoms. The van der Waals surface area contributed by atoms with Gasteiger partial charge in [-0.2, -0.15) is 13.2 Å². The van der Waals surface area contributed by atoms with Crippen molar-refractivity contribution in [2.75, 3.05) is 27.2 Å². The maximum absolute atomic E-state index is 12.6. The monoisotopic (exact) mass is 472 g/mol. The predicted octanol–water partition coefficient (Wildman–Crippen LogP) is 3.72. The number of rotatable bonds is 5. The third-order valence-electron chi connectivity index (χ3n) is 3.34. The summed E-state index contributed by atoms with van der Waals surface area (Å²) in [5.74, 6) is 0.700. The average Bonchev–Trinajstić information content (AvgIpc) is 2.45. The van der Waals surface area contributed by atoms with Crippen molar-refractivity contribution in [3.8, 4) is 0 Å². The standard InChI is InChI=1S/C17H27F3N4.HI/c1-16(2,3)23-11-10-22-15(21-4)24(5)12-13-6-8-14(9-7-13)17(18,19)20;/h6-9,23H,10-12H2,1-5H3,(H,21,22);1H. The maximum atomic E-state index is 12.6. The third kappa shape index (κ3) is 9.29. The van der Waals surface area contributed by atoms with Crippen LogP contribution < -0.4 is 10.6 Å². The highest BCUT2D eigenvalue weighted by Crippen LogP contribution is 2.29. The van der Waals surface area contributed by atoms with E-state index in [9.17, 15) is 13.2 Å². The molecule has 0 saturated carbocycles. The largest absolute Gasteiger partial charge is 0.416 e. The third-order valence-corrected chi connectivity index (χ3v) is 3.34. The van der Waals surface area contributed by atoms with E-state index in [0.717, 1.165) is 24.2 Å². The molecule has 0 atom stereocenters. The van der Waals surface area contributed by atoms with Crippen LogP contribution in [0.1, 0.15) is 31.9 Å². The maximum Gasteiger partial charge on any atom is 0.416 e. The zero-order valence-corrected chi connectivity index (χ0v) is 17.7. The Morgan fingerprint density at radius 1 is 1.08 bits per heavy atom. The van der Waals surface area contributed by atoms with E-state index in [1.807, 2.05) is 11.9 Å². The van der Waals surface area contributed by atoms with Gasteiger partial charge >= 0.3 is 6.18 Å². The van der Waals surface area contributed by atoms with Gasteiger partial charge in [0.2, 0.25) is 0 Å². The topological polar surface area (TPSA) is 39.7 Å². The summed E-state index contributed by atoms with van der Waals surface area (Å²) < 4.78 is 37.7. The molecule has 8 heteroatoms. The molecule has 25 heavy (non-hydrogen) atoms. The van der Waals surface area contributed by atoms with Gasteiger partial charge in [0.05, 0.1) is 5.56 Å². The quantitative estimate of drug-likeness (QED) is 0.297. The molecule has 0 aliphatic heterocycles. The summed E-state index contributed by atoms with van der Waals surface area (Å²) in [5.41, 5.74) is 0.211. The second-order valence-electron chi connectivity index (χ2n) is 6.70. The van der Waals surface area contributed by atoms with E-state index < -0.39 is 11.7 Å². The SMILES string of the molecule is CN=C(NCCNC(C)(C)C)N(C)Cc1ccc(C(F)(F)F)cc1.I. The molecule has 0 heterocycles. The molecule has 1 aromatic carbocycles. The van der Waals surface area contributed by atoms with Crippen molar-refractivity contribution < 1.29 is 13.2 Å². The molecule has 0 aliphatic carbocycles. The van der Waals surface area contributed by atoms with Gasteiger partial charge in [-0.25, -0.2) is 0 Å². The van der Waals surface area contributed by atoms with Crippen LogP contribution in [-0.4, -0.2) is 43.6 Å². The number of nitrogens with one attached hydrogen (secondary N) is 2. The average molecular weight is 472 g/mol. The first-order chi connectivity index (χ1) is 11.0. The first-order valence-electron chi connectivity index (χ1n) is 7.86. The van der Waals surface area contributed by atoms with Crippen LogP contribution in [0.2, 0.25) is 0 Å². The lowest BCUT2D eigenvalue weighted by atomic mass is 10.1. The highest BCUT2D eigenvalue weighted by Gasteiger charge is 2.29. The summed E-state index contributed by atoms with van der Waals surface area (Å²) in [6.07, 6.45) is -4.30. The Hall–Kier alpha value is -1.03. The Balaban J connectivity index is 0.00000576. The van der Waals surface area contributed by atoms with E-state index in [1.54, 1.807) is 7.05 Å². The summed E-state index contributed by atoms with van der Waals surface area (Å²) in [7, 11) is 3.53. The van der Waals surface area contributed by atoms with E-state index in [2.05, 4.69) is 36.4 Å². The molecule has 0 amide bonds. The first-order valence-corrected chi connectivity index (χ1v) is 7.86. The minimum absolute atomic E-state index is 0. The van der Waals surface area contributed by atoms with Crippen molar-refractivity contribution >= 4 is 29.9 Å². The summed E-state index contributed by atoms with van der Waals surface area (Å²) >= 11 is 0. The zero-order chi connectivity index (χ0) is 18.4. The van der Waals surface area contributed by atoms with Crippen molar-refractivity contribution in [3.63, 3.8) is 0 Å².